The van der Waals surface area contributed by atoms with Gasteiger partial charge in [0.1, 0.15) is 17.2 Å². The highest BCUT2D eigenvalue weighted by Crippen LogP contribution is 2.45. The highest BCUT2D eigenvalue weighted by atomic mass is 32.2. The van der Waals surface area contributed by atoms with Crippen molar-refractivity contribution < 1.29 is 88.6 Å². The van der Waals surface area contributed by atoms with Gasteiger partial charge in [-0.2, -0.15) is 42.8 Å². The molecule has 0 fully saturated rings. The first-order chi connectivity index (χ1) is 25.4. The van der Waals surface area contributed by atoms with Crippen LogP contribution < -0.4 is 9.47 Å². The minimum absolute atomic E-state index is 0.263. The number of aromatic hydroxyl groups is 1. The number of fused-ring (bicyclic) bond motifs is 2. The molecule has 0 aromatic heterocycles. The Bertz CT molecular complexity index is 2950. The number of phenolic OH excluding ortho intramolecular Hbond substituents is 1. The molecule has 55 heavy (non-hydrogen) atoms. The summed E-state index contributed by atoms with van der Waals surface area (Å²) in [4.78, 5) is -2.72. The van der Waals surface area contributed by atoms with Crippen LogP contribution in [0.2, 0.25) is 0 Å². The van der Waals surface area contributed by atoms with E-state index in [1.807, 2.05) is 0 Å². The van der Waals surface area contributed by atoms with Crippen molar-refractivity contribution in [3.63, 3.8) is 0 Å². The molecule has 0 unspecified atom stereocenters. The summed E-state index contributed by atoms with van der Waals surface area (Å²) in [6.45, 7) is 0. The number of benzene rings is 6. The van der Waals surface area contributed by atoms with E-state index in [1.54, 1.807) is 0 Å². The van der Waals surface area contributed by atoms with Gasteiger partial charge in [-0.25, -0.2) is 17.6 Å². The van der Waals surface area contributed by atoms with Crippen molar-refractivity contribution in [1.82, 2.24) is 0 Å². The first kappa shape index (κ1) is 39.1. The Balaban J connectivity index is 1.48. The van der Waals surface area contributed by atoms with Crippen LogP contribution in [-0.4, -0.2) is 44.0 Å². The van der Waals surface area contributed by atoms with E-state index in [4.69, 9.17) is 9.47 Å². The summed E-state index contributed by atoms with van der Waals surface area (Å²) in [6, 6.07) is 6.99. The normalized spacial score (nSPS) is 12.4. The Morgan fingerprint density at radius 2 is 0.745 bits per heavy atom. The largest absolute Gasteiger partial charge is 0.508 e. The number of rotatable bonds is 8. The van der Waals surface area contributed by atoms with Crippen LogP contribution in [0.25, 0.3) is 32.7 Å². The van der Waals surface area contributed by atoms with E-state index in [1.165, 1.54) is 0 Å². The first-order valence-electron chi connectivity index (χ1n) is 14.2. The van der Waals surface area contributed by atoms with E-state index in [2.05, 4.69) is 0 Å². The van der Waals surface area contributed by atoms with Gasteiger partial charge in [-0.1, -0.05) is 0 Å². The van der Waals surface area contributed by atoms with E-state index in [0.717, 1.165) is 30.3 Å². The Hall–Kier alpha value is -5.59. The number of phenols is 1. The summed E-state index contributed by atoms with van der Waals surface area (Å²) >= 11 is 0. The molecule has 0 aliphatic rings. The zero-order valence-corrected chi connectivity index (χ0v) is 28.5. The molecule has 6 aromatic rings. The van der Waals surface area contributed by atoms with Gasteiger partial charge in [-0.05, 0) is 59.3 Å². The fourth-order valence-corrected chi connectivity index (χ4v) is 6.85. The van der Waals surface area contributed by atoms with Gasteiger partial charge in [0.05, 0.1) is 25.8 Å². The Morgan fingerprint density at radius 1 is 0.418 bits per heavy atom. The Kier molecular flexibility index (Phi) is 9.47. The maximum Gasteiger partial charge on any atom is 0.294 e. The highest BCUT2D eigenvalue weighted by Gasteiger charge is 2.36. The molecule has 288 valence electrons. The fourth-order valence-electron chi connectivity index (χ4n) is 5.28. The number of ether oxygens (including phenoxy) is 2. The molecule has 6 aromatic carbocycles. The van der Waals surface area contributed by atoms with Gasteiger partial charge in [0.25, 0.3) is 30.4 Å². The maximum atomic E-state index is 15.5. The molecule has 0 aliphatic carbocycles. The fraction of sp³-hybridized carbons (Fsp3) is 0. The number of hydrogen-bond donors (Lipinski definition) is 4. The first-order valence-corrected chi connectivity index (χ1v) is 18.6. The minimum atomic E-state index is -5.23. The van der Waals surface area contributed by atoms with Crippen LogP contribution in [-0.2, 0) is 30.4 Å². The van der Waals surface area contributed by atoms with Gasteiger partial charge in [0.15, 0.2) is 23.3 Å². The average Bonchev–Trinajstić information content (AvgIpc) is 3.09. The predicted octanol–water partition coefficient (Wildman–Crippen LogP) is 7.80. The van der Waals surface area contributed by atoms with Gasteiger partial charge < -0.3 is 14.6 Å². The summed E-state index contributed by atoms with van der Waals surface area (Å²) in [6.07, 6.45) is 0. The monoisotopic (exact) mass is 838 g/mol. The molecule has 12 nitrogen and oxygen atoms in total. The highest BCUT2D eigenvalue weighted by molar-refractivity contribution is 7.86. The van der Waals surface area contributed by atoms with Crippen molar-refractivity contribution in [1.29, 1.82) is 0 Å². The van der Waals surface area contributed by atoms with Crippen molar-refractivity contribution in [3.8, 4) is 39.9 Å². The van der Waals surface area contributed by atoms with Crippen LogP contribution in [0.4, 0.5) is 35.1 Å². The lowest BCUT2D eigenvalue weighted by Gasteiger charge is -2.17. The minimum Gasteiger partial charge on any atom is -0.508 e. The third-order valence-corrected chi connectivity index (χ3v) is 10.3. The molecule has 6 rings (SSSR count). The second-order valence-electron chi connectivity index (χ2n) is 11.2. The zero-order valence-electron chi connectivity index (χ0n) is 26.1. The summed E-state index contributed by atoms with van der Waals surface area (Å²) in [7, 11) is -15.0. The molecule has 0 aliphatic heterocycles. The SMILES string of the molecule is O=S(=O)(O)c1ccc2c(Oc3c(F)c(F)c(-c4c(F)c(F)c(Oc5cc(S(=O)(=O)O)cc6cc(S(=O)(=O)O)ccc56)c(F)c4F)c(F)c3F)cc(O)cc2c1. The molecule has 0 radical (unpaired) electrons. The Labute approximate surface area is 301 Å². The van der Waals surface area contributed by atoms with Gasteiger partial charge in [0.2, 0.25) is 34.8 Å². The molecule has 0 saturated carbocycles. The van der Waals surface area contributed by atoms with Crippen molar-refractivity contribution in [2.75, 3.05) is 0 Å². The molecule has 0 amide bonds. The smallest absolute Gasteiger partial charge is 0.294 e. The second-order valence-corrected chi connectivity index (χ2v) is 15.4. The number of hydrogen-bond acceptors (Lipinski definition) is 9. The standard InChI is InChI=1S/C32H14F8O12S3/c33-23-21(24(34)28(38)31(27(23)37)51-19-9-13(41)5-11-6-14(53(42,43)44)1-3-17(11)19)22-25(35)29(39)32(30(40)26(22)36)52-20-10-16(55(48,49)50)8-12-7-15(54(45,46)47)2-4-18(12)20/h1-10,41H,(H,42,43,44)(H,45,46,47)(H,48,49,50). The Morgan fingerprint density at radius 3 is 1.11 bits per heavy atom. The van der Waals surface area contributed by atoms with Crippen molar-refractivity contribution >= 4 is 51.9 Å². The zero-order chi connectivity index (χ0) is 40.7. The molecule has 0 heterocycles. The average molecular weight is 839 g/mol. The molecular weight excluding hydrogens is 825 g/mol. The summed E-state index contributed by atoms with van der Waals surface area (Å²) in [5, 5.41) is 8.52. The third kappa shape index (κ3) is 6.96. The van der Waals surface area contributed by atoms with Crippen molar-refractivity contribution in [2.24, 2.45) is 0 Å². The van der Waals surface area contributed by atoms with Crippen LogP contribution in [0.15, 0.2) is 75.4 Å². The molecule has 0 atom stereocenters. The molecule has 0 saturated heterocycles. The van der Waals surface area contributed by atoms with Crippen molar-refractivity contribution in [3.05, 3.63) is 107 Å². The van der Waals surface area contributed by atoms with Crippen LogP contribution in [0.1, 0.15) is 0 Å². The lowest BCUT2D eigenvalue weighted by atomic mass is 10.0. The lowest BCUT2D eigenvalue weighted by Crippen LogP contribution is -2.09. The van der Waals surface area contributed by atoms with E-state index in [9.17, 15) is 44.0 Å². The van der Waals surface area contributed by atoms with E-state index < -0.39 is 142 Å². The van der Waals surface area contributed by atoms with Crippen LogP contribution >= 0.6 is 0 Å². The van der Waals surface area contributed by atoms with Gasteiger partial charge in [-0.15, -0.1) is 0 Å². The molecule has 23 heteroatoms. The quantitative estimate of drug-likeness (QED) is 0.0659. The maximum absolute atomic E-state index is 15.5. The lowest BCUT2D eigenvalue weighted by molar-refractivity contribution is 0.361. The topological polar surface area (TPSA) is 202 Å². The van der Waals surface area contributed by atoms with Crippen LogP contribution in [0.5, 0.6) is 28.7 Å². The van der Waals surface area contributed by atoms with Gasteiger partial charge in [-0.3, -0.25) is 13.7 Å². The predicted molar refractivity (Wildman–Crippen MR) is 171 cm³/mol. The van der Waals surface area contributed by atoms with Gasteiger partial charge >= 0.3 is 0 Å². The number of halogens is 8. The molecule has 4 N–H and O–H groups in total. The van der Waals surface area contributed by atoms with Crippen LogP contribution in [0.3, 0.4) is 0 Å². The van der Waals surface area contributed by atoms with Crippen molar-refractivity contribution in [2.45, 2.75) is 14.7 Å². The van der Waals surface area contributed by atoms with E-state index in [-0.39, 0.29) is 10.8 Å². The summed E-state index contributed by atoms with van der Waals surface area (Å²) in [5.41, 5.74) is -4.71. The van der Waals surface area contributed by atoms with E-state index in [0.29, 0.717) is 30.3 Å². The molecule has 0 bridgehead atoms. The van der Waals surface area contributed by atoms with Gasteiger partial charge in [0, 0.05) is 22.9 Å². The third-order valence-electron chi connectivity index (χ3n) is 7.74. The van der Waals surface area contributed by atoms with E-state index >= 15 is 35.1 Å². The second kappa shape index (κ2) is 13.3. The molecule has 0 spiro atoms. The molecular formula is C32H14F8O12S3. The van der Waals surface area contributed by atoms with Crippen LogP contribution in [0, 0.1) is 46.5 Å². The summed E-state index contributed by atoms with van der Waals surface area (Å²) < 4.78 is 231. The summed E-state index contributed by atoms with van der Waals surface area (Å²) in [5.74, 6) is -27.8.